The fraction of sp³-hybridized carbons (Fsp3) is 0.194. The van der Waals surface area contributed by atoms with Gasteiger partial charge in [0.2, 0.25) is 5.91 Å². The van der Waals surface area contributed by atoms with Crippen LogP contribution < -0.4 is 19.7 Å². The second-order valence-electron chi connectivity index (χ2n) is 10.1. The third kappa shape index (κ3) is 7.54. The van der Waals surface area contributed by atoms with Crippen molar-refractivity contribution in [2.24, 2.45) is 4.99 Å². The van der Waals surface area contributed by atoms with Gasteiger partial charge in [-0.05, 0) is 53.9 Å². The number of hydrogen-bond acceptors (Lipinski definition) is 7. The van der Waals surface area contributed by atoms with Crippen molar-refractivity contribution in [3.05, 3.63) is 90.4 Å². The Morgan fingerprint density at radius 3 is 2.41 bits per heavy atom. The maximum Gasteiger partial charge on any atom is 0.573 e. The molecule has 5 rings (SSSR count). The standard InChI is InChI=1S/C31H26F4N6O4S/c1-18(2)24-14-23(44-3)12-13-26(24)41-27(42)16-46-30(41)38-29(43)36-15-25(32)19-4-6-20(7-5-19)28-37-17-40(39-28)21-8-10-22(11-9-21)45-31(33,34)35/h4-15,17-18H,16H2,1-3H3,(H,36,43)/b25-15-,38-30-. The summed E-state index contributed by atoms with van der Waals surface area (Å²) in [5.41, 5.74) is 2.58. The van der Waals surface area contributed by atoms with Gasteiger partial charge in [-0.3, -0.25) is 9.69 Å². The first-order chi connectivity index (χ1) is 21.9. The van der Waals surface area contributed by atoms with Crippen molar-refractivity contribution in [2.75, 3.05) is 17.8 Å². The number of nitrogens with one attached hydrogen (secondary N) is 1. The number of rotatable bonds is 8. The topological polar surface area (TPSA) is 111 Å². The number of methoxy groups -OCH3 is 1. The smallest absolute Gasteiger partial charge is 0.497 e. The number of amides is 3. The molecule has 4 aromatic rings. The normalized spacial score (nSPS) is 14.7. The molecule has 3 amide bonds. The van der Waals surface area contributed by atoms with Crippen LogP contribution in [0.25, 0.3) is 22.9 Å². The quantitative estimate of drug-likeness (QED) is 0.202. The number of aromatic nitrogens is 3. The van der Waals surface area contributed by atoms with Crippen molar-refractivity contribution in [3.8, 4) is 28.6 Å². The number of carbonyl (C=O) groups is 2. The van der Waals surface area contributed by atoms with E-state index in [1.165, 1.54) is 40.2 Å². The van der Waals surface area contributed by atoms with E-state index in [0.717, 1.165) is 35.7 Å². The van der Waals surface area contributed by atoms with Gasteiger partial charge in [0.05, 0.1) is 24.2 Å². The van der Waals surface area contributed by atoms with Gasteiger partial charge < -0.3 is 14.8 Å². The van der Waals surface area contributed by atoms with Gasteiger partial charge in [0.25, 0.3) is 0 Å². The van der Waals surface area contributed by atoms with Crippen molar-refractivity contribution >= 4 is 40.4 Å². The SMILES string of the molecule is COc1ccc(N2C(=O)CS/C2=N\C(=O)N/C=C(\F)c2ccc(-c3ncn(-c4ccc(OC(F)(F)F)cc4)n3)cc2)c(C(C)C)c1. The minimum absolute atomic E-state index is 0.0518. The van der Waals surface area contributed by atoms with E-state index in [2.05, 4.69) is 25.1 Å². The van der Waals surface area contributed by atoms with Crippen LogP contribution in [0.15, 0.2) is 84.2 Å². The molecule has 0 bridgehead atoms. The first kappa shape index (κ1) is 32.2. The van der Waals surface area contributed by atoms with E-state index in [0.29, 0.717) is 28.5 Å². The predicted octanol–water partition coefficient (Wildman–Crippen LogP) is 7.08. The number of thioether (sulfide) groups is 1. The lowest BCUT2D eigenvalue weighted by Crippen LogP contribution is -2.31. The number of alkyl halides is 3. The number of ether oxygens (including phenoxy) is 2. The van der Waals surface area contributed by atoms with E-state index in [9.17, 15) is 27.2 Å². The summed E-state index contributed by atoms with van der Waals surface area (Å²) in [5, 5.41) is 6.79. The van der Waals surface area contributed by atoms with Crippen molar-refractivity contribution < 1.29 is 36.6 Å². The van der Waals surface area contributed by atoms with Gasteiger partial charge in [0, 0.05) is 17.3 Å². The molecule has 0 aliphatic carbocycles. The molecule has 0 unspecified atom stereocenters. The van der Waals surface area contributed by atoms with Gasteiger partial charge in [0.1, 0.15) is 23.7 Å². The highest BCUT2D eigenvalue weighted by molar-refractivity contribution is 8.15. The Kier molecular flexibility index (Phi) is 9.41. The second kappa shape index (κ2) is 13.4. The lowest BCUT2D eigenvalue weighted by Gasteiger charge is -2.22. The van der Waals surface area contributed by atoms with Crippen molar-refractivity contribution in [1.29, 1.82) is 0 Å². The minimum atomic E-state index is -4.79. The van der Waals surface area contributed by atoms with E-state index in [1.807, 2.05) is 19.9 Å². The van der Waals surface area contributed by atoms with Crippen LogP contribution in [-0.4, -0.2) is 51.1 Å². The molecule has 0 radical (unpaired) electrons. The average Bonchev–Trinajstić information content (AvgIpc) is 3.66. The summed E-state index contributed by atoms with van der Waals surface area (Å²) in [6.07, 6.45) is -2.54. The molecule has 1 aliphatic heterocycles. The Labute approximate surface area is 264 Å². The summed E-state index contributed by atoms with van der Waals surface area (Å²) >= 11 is 1.10. The zero-order valence-corrected chi connectivity index (χ0v) is 25.4. The zero-order chi connectivity index (χ0) is 33.0. The molecule has 238 valence electrons. The largest absolute Gasteiger partial charge is 0.573 e. The van der Waals surface area contributed by atoms with Crippen LogP contribution in [0.3, 0.4) is 0 Å². The minimum Gasteiger partial charge on any atom is -0.497 e. The van der Waals surface area contributed by atoms with Crippen molar-refractivity contribution in [3.63, 3.8) is 0 Å². The highest BCUT2D eigenvalue weighted by Crippen LogP contribution is 2.35. The first-order valence-electron chi connectivity index (χ1n) is 13.7. The molecule has 0 atom stereocenters. The fourth-order valence-corrected chi connectivity index (χ4v) is 5.29. The van der Waals surface area contributed by atoms with Gasteiger partial charge in [-0.2, -0.15) is 4.99 Å². The molecule has 15 heteroatoms. The van der Waals surface area contributed by atoms with Crippen LogP contribution in [0.1, 0.15) is 30.9 Å². The van der Waals surface area contributed by atoms with Gasteiger partial charge in [-0.1, -0.05) is 49.9 Å². The molecule has 1 saturated heterocycles. The Morgan fingerprint density at radius 1 is 1.07 bits per heavy atom. The van der Waals surface area contributed by atoms with E-state index in [4.69, 9.17) is 4.74 Å². The number of nitrogens with zero attached hydrogens (tertiary/aromatic N) is 5. The lowest BCUT2D eigenvalue weighted by molar-refractivity contribution is -0.274. The van der Waals surface area contributed by atoms with Crippen molar-refractivity contribution in [1.82, 2.24) is 20.1 Å². The Bertz CT molecular complexity index is 1800. The number of amidine groups is 1. The maximum absolute atomic E-state index is 14.9. The molecule has 0 spiro atoms. The summed E-state index contributed by atoms with van der Waals surface area (Å²) in [7, 11) is 1.55. The van der Waals surface area contributed by atoms with Crippen LogP contribution in [0.4, 0.5) is 28.0 Å². The van der Waals surface area contributed by atoms with Gasteiger partial charge >= 0.3 is 12.4 Å². The number of hydrogen-bond donors (Lipinski definition) is 1. The van der Waals surface area contributed by atoms with Gasteiger partial charge in [-0.25, -0.2) is 18.9 Å². The van der Waals surface area contributed by atoms with Crippen LogP contribution in [0.2, 0.25) is 0 Å². The molecular weight excluding hydrogens is 628 g/mol. The molecule has 1 aliphatic rings. The Balaban J connectivity index is 1.25. The third-order valence-electron chi connectivity index (χ3n) is 6.63. The van der Waals surface area contributed by atoms with Crippen molar-refractivity contribution in [2.45, 2.75) is 26.1 Å². The van der Waals surface area contributed by atoms with Crippen LogP contribution in [-0.2, 0) is 4.79 Å². The summed E-state index contributed by atoms with van der Waals surface area (Å²) in [5.74, 6) is -0.272. The van der Waals surface area contributed by atoms with E-state index < -0.39 is 18.2 Å². The molecule has 1 N–H and O–H groups in total. The molecule has 10 nitrogen and oxygen atoms in total. The Morgan fingerprint density at radius 2 is 1.76 bits per heavy atom. The summed E-state index contributed by atoms with van der Waals surface area (Å²) in [6, 6.07) is 15.6. The summed E-state index contributed by atoms with van der Waals surface area (Å²) in [6.45, 7) is 3.95. The zero-order valence-electron chi connectivity index (χ0n) is 24.6. The lowest BCUT2D eigenvalue weighted by atomic mass is 10.00. The van der Waals surface area contributed by atoms with Crippen LogP contribution >= 0.6 is 11.8 Å². The summed E-state index contributed by atoms with van der Waals surface area (Å²) in [4.78, 5) is 35.0. The average molecular weight is 655 g/mol. The predicted molar refractivity (Wildman–Crippen MR) is 166 cm³/mol. The first-order valence-corrected chi connectivity index (χ1v) is 14.7. The molecule has 1 aromatic heterocycles. The number of aliphatic imine (C=N–C) groups is 1. The van der Waals surface area contributed by atoms with Gasteiger partial charge in [-0.15, -0.1) is 18.3 Å². The number of carbonyl (C=O) groups excluding carboxylic acids is 2. The maximum atomic E-state index is 14.9. The number of anilines is 1. The third-order valence-corrected chi connectivity index (χ3v) is 7.55. The Hall–Kier alpha value is -5.18. The number of halogens is 4. The van der Waals surface area contributed by atoms with E-state index in [1.54, 1.807) is 31.4 Å². The summed E-state index contributed by atoms with van der Waals surface area (Å²) < 4.78 is 62.7. The number of benzene rings is 3. The molecule has 3 aromatic carbocycles. The molecule has 2 heterocycles. The monoisotopic (exact) mass is 654 g/mol. The van der Waals surface area contributed by atoms with Crippen LogP contribution in [0.5, 0.6) is 11.5 Å². The fourth-order valence-electron chi connectivity index (χ4n) is 4.43. The highest BCUT2D eigenvalue weighted by Gasteiger charge is 2.33. The molecule has 46 heavy (non-hydrogen) atoms. The second-order valence-corrected chi connectivity index (χ2v) is 11.0. The highest BCUT2D eigenvalue weighted by atomic mass is 32.2. The number of urea groups is 1. The molecule has 0 saturated carbocycles. The van der Waals surface area contributed by atoms with Crippen LogP contribution in [0, 0.1) is 0 Å². The van der Waals surface area contributed by atoms with Gasteiger partial charge in [0.15, 0.2) is 11.0 Å². The molecular formula is C31H26F4N6O4S. The molecule has 1 fully saturated rings. The van der Waals surface area contributed by atoms with E-state index >= 15 is 0 Å². The van der Waals surface area contributed by atoms with E-state index in [-0.39, 0.29) is 34.1 Å².